The Bertz CT molecular complexity index is 1210. The molecule has 0 aliphatic rings. The number of para-hydroxylation sites is 2. The Morgan fingerprint density at radius 3 is 2.70 bits per heavy atom. The molecule has 1 aromatic heterocycles. The van der Waals surface area contributed by atoms with E-state index in [4.69, 9.17) is 9.47 Å². The zero-order chi connectivity index (χ0) is 22.9. The van der Waals surface area contributed by atoms with Gasteiger partial charge in [-0.1, -0.05) is 54.2 Å². The molecule has 168 valence electrons. The van der Waals surface area contributed by atoms with E-state index in [9.17, 15) is 4.79 Å². The van der Waals surface area contributed by atoms with Gasteiger partial charge in [0.1, 0.15) is 6.61 Å². The maximum atomic E-state index is 12.1. The molecule has 7 nitrogen and oxygen atoms in total. The summed E-state index contributed by atoms with van der Waals surface area (Å²) in [6, 6.07) is 23.2. The number of hydrazone groups is 1. The summed E-state index contributed by atoms with van der Waals surface area (Å²) in [7, 11) is 0. The normalized spacial score (nSPS) is 11.1. The van der Waals surface area contributed by atoms with Gasteiger partial charge in [-0.2, -0.15) is 5.10 Å². The molecule has 4 rings (SSSR count). The Morgan fingerprint density at radius 1 is 1.06 bits per heavy atom. The van der Waals surface area contributed by atoms with Gasteiger partial charge in [-0.25, -0.2) is 10.4 Å². The smallest absolute Gasteiger partial charge is 0.250 e. The quantitative estimate of drug-likeness (QED) is 0.202. The summed E-state index contributed by atoms with van der Waals surface area (Å²) < 4.78 is 11.6. The number of aromatic amines is 1. The standard InChI is InChI=1S/C25H24N4O3S/c1-2-31-23-14-19(12-13-22(23)32-16-18-8-4-3-5-9-18)15-26-29-24(30)17-33-25-27-20-10-6-7-11-21(20)28-25/h3-15H,2,16-17H2,1H3,(H,27,28)(H,29,30)/b26-15-. The van der Waals surface area contributed by atoms with Gasteiger partial charge >= 0.3 is 0 Å². The van der Waals surface area contributed by atoms with Crippen LogP contribution in [-0.4, -0.2) is 34.4 Å². The van der Waals surface area contributed by atoms with E-state index in [-0.39, 0.29) is 11.7 Å². The highest BCUT2D eigenvalue weighted by molar-refractivity contribution is 7.99. The number of carbonyl (C=O) groups is 1. The van der Waals surface area contributed by atoms with Crippen LogP contribution in [-0.2, 0) is 11.4 Å². The van der Waals surface area contributed by atoms with Gasteiger partial charge in [-0.15, -0.1) is 0 Å². The minimum Gasteiger partial charge on any atom is -0.490 e. The lowest BCUT2D eigenvalue weighted by atomic mass is 10.2. The number of hydrogen-bond acceptors (Lipinski definition) is 6. The lowest BCUT2D eigenvalue weighted by Crippen LogP contribution is -2.19. The van der Waals surface area contributed by atoms with Crippen LogP contribution in [0.4, 0.5) is 0 Å². The van der Waals surface area contributed by atoms with Crippen LogP contribution < -0.4 is 14.9 Å². The second-order valence-electron chi connectivity index (χ2n) is 7.05. The first kappa shape index (κ1) is 22.4. The monoisotopic (exact) mass is 460 g/mol. The highest BCUT2D eigenvalue weighted by Gasteiger charge is 2.08. The fourth-order valence-corrected chi connectivity index (χ4v) is 3.75. The van der Waals surface area contributed by atoms with Crippen LogP contribution in [0.1, 0.15) is 18.1 Å². The Labute approximate surface area is 196 Å². The number of thioether (sulfide) groups is 1. The van der Waals surface area contributed by atoms with E-state index >= 15 is 0 Å². The average molecular weight is 461 g/mol. The predicted molar refractivity (Wildman–Crippen MR) is 131 cm³/mol. The molecule has 0 atom stereocenters. The van der Waals surface area contributed by atoms with Crippen molar-refractivity contribution in [1.29, 1.82) is 0 Å². The summed E-state index contributed by atoms with van der Waals surface area (Å²) in [5, 5.41) is 4.75. The Morgan fingerprint density at radius 2 is 1.88 bits per heavy atom. The number of nitrogens with zero attached hydrogens (tertiary/aromatic N) is 2. The van der Waals surface area contributed by atoms with Crippen LogP contribution in [0.3, 0.4) is 0 Å². The minimum atomic E-state index is -0.218. The van der Waals surface area contributed by atoms with Crippen LogP contribution in [0, 0.1) is 0 Å². The number of benzene rings is 3. The van der Waals surface area contributed by atoms with E-state index < -0.39 is 0 Å². The topological polar surface area (TPSA) is 88.6 Å². The molecule has 2 N–H and O–H groups in total. The van der Waals surface area contributed by atoms with Crippen LogP contribution in [0.25, 0.3) is 11.0 Å². The number of amides is 1. The van der Waals surface area contributed by atoms with Crippen LogP contribution in [0.5, 0.6) is 11.5 Å². The maximum absolute atomic E-state index is 12.1. The zero-order valence-electron chi connectivity index (χ0n) is 18.2. The summed E-state index contributed by atoms with van der Waals surface area (Å²) in [5.41, 5.74) is 6.23. The number of ether oxygens (including phenoxy) is 2. The molecule has 33 heavy (non-hydrogen) atoms. The molecule has 0 unspecified atom stereocenters. The summed E-state index contributed by atoms with van der Waals surface area (Å²) in [6.45, 7) is 2.88. The number of rotatable bonds is 10. The van der Waals surface area contributed by atoms with Gasteiger partial charge < -0.3 is 14.5 Å². The number of hydrogen-bond donors (Lipinski definition) is 2. The van der Waals surface area contributed by atoms with Crippen molar-refractivity contribution < 1.29 is 14.3 Å². The van der Waals surface area contributed by atoms with E-state index in [0.29, 0.717) is 29.9 Å². The molecule has 4 aromatic rings. The van der Waals surface area contributed by atoms with Crippen molar-refractivity contribution in [2.75, 3.05) is 12.4 Å². The number of aromatic nitrogens is 2. The molecule has 0 radical (unpaired) electrons. The fourth-order valence-electron chi connectivity index (χ4n) is 3.07. The number of carbonyl (C=O) groups excluding carboxylic acids is 1. The van der Waals surface area contributed by atoms with Gasteiger partial charge in [0.25, 0.3) is 5.91 Å². The van der Waals surface area contributed by atoms with E-state index in [1.54, 1.807) is 6.21 Å². The highest BCUT2D eigenvalue weighted by atomic mass is 32.2. The molecule has 0 aliphatic heterocycles. The zero-order valence-corrected chi connectivity index (χ0v) is 19.0. The number of nitrogens with one attached hydrogen (secondary N) is 2. The molecule has 0 saturated heterocycles. The fraction of sp³-hybridized carbons (Fsp3) is 0.160. The van der Waals surface area contributed by atoms with Gasteiger partial charge in [0.05, 0.1) is 29.6 Å². The molecule has 0 spiro atoms. The third-order valence-electron chi connectivity index (χ3n) is 4.62. The Hall–Kier alpha value is -3.78. The first-order valence-electron chi connectivity index (χ1n) is 10.5. The van der Waals surface area contributed by atoms with Crippen molar-refractivity contribution in [3.63, 3.8) is 0 Å². The van der Waals surface area contributed by atoms with Crippen molar-refractivity contribution in [3.05, 3.63) is 83.9 Å². The van der Waals surface area contributed by atoms with Gasteiger partial charge in [0, 0.05) is 0 Å². The van der Waals surface area contributed by atoms with E-state index in [1.807, 2.05) is 79.7 Å². The minimum absolute atomic E-state index is 0.202. The summed E-state index contributed by atoms with van der Waals surface area (Å²) in [5.74, 6) is 1.27. The molecule has 8 heteroatoms. The summed E-state index contributed by atoms with van der Waals surface area (Å²) >= 11 is 1.33. The van der Waals surface area contributed by atoms with E-state index in [1.165, 1.54) is 11.8 Å². The number of H-pyrrole nitrogens is 1. The molecule has 1 amide bonds. The van der Waals surface area contributed by atoms with Gasteiger partial charge in [-0.3, -0.25) is 4.79 Å². The van der Waals surface area contributed by atoms with Crippen LogP contribution >= 0.6 is 11.8 Å². The summed E-state index contributed by atoms with van der Waals surface area (Å²) in [4.78, 5) is 19.8. The largest absolute Gasteiger partial charge is 0.490 e. The lowest BCUT2D eigenvalue weighted by Gasteiger charge is -2.12. The van der Waals surface area contributed by atoms with Gasteiger partial charge in [0.2, 0.25) is 0 Å². The van der Waals surface area contributed by atoms with Crippen molar-refractivity contribution in [3.8, 4) is 11.5 Å². The van der Waals surface area contributed by atoms with Gasteiger partial charge in [-0.05, 0) is 48.4 Å². The average Bonchev–Trinajstić information content (AvgIpc) is 3.26. The lowest BCUT2D eigenvalue weighted by molar-refractivity contribution is -0.118. The third kappa shape index (κ3) is 6.36. The first-order valence-corrected chi connectivity index (χ1v) is 11.5. The molecular formula is C25H24N4O3S. The predicted octanol–water partition coefficient (Wildman–Crippen LogP) is 4.78. The van der Waals surface area contributed by atoms with Gasteiger partial charge in [0.15, 0.2) is 16.7 Å². The molecule has 1 heterocycles. The summed E-state index contributed by atoms with van der Waals surface area (Å²) in [6.07, 6.45) is 1.58. The Balaban J connectivity index is 1.30. The van der Waals surface area contributed by atoms with Crippen LogP contribution in [0.2, 0.25) is 0 Å². The first-order chi connectivity index (χ1) is 16.2. The van der Waals surface area contributed by atoms with E-state index in [2.05, 4.69) is 20.5 Å². The molecular weight excluding hydrogens is 436 g/mol. The van der Waals surface area contributed by atoms with Crippen molar-refractivity contribution >= 4 is 34.9 Å². The Kier molecular flexibility index (Phi) is 7.60. The number of imidazole rings is 1. The SMILES string of the molecule is CCOc1cc(/C=N\NC(=O)CSc2nc3ccccc3[nH]2)ccc1OCc1ccccc1. The van der Waals surface area contributed by atoms with E-state index in [0.717, 1.165) is 22.2 Å². The second-order valence-corrected chi connectivity index (χ2v) is 8.02. The highest BCUT2D eigenvalue weighted by Crippen LogP contribution is 2.29. The maximum Gasteiger partial charge on any atom is 0.250 e. The van der Waals surface area contributed by atoms with Crippen molar-refractivity contribution in [2.24, 2.45) is 5.10 Å². The molecule has 0 bridgehead atoms. The molecule has 3 aromatic carbocycles. The molecule has 0 fully saturated rings. The number of fused-ring (bicyclic) bond motifs is 1. The molecule has 0 saturated carbocycles. The molecule has 0 aliphatic carbocycles. The second kappa shape index (κ2) is 11.2. The van der Waals surface area contributed by atoms with Crippen molar-refractivity contribution in [1.82, 2.24) is 15.4 Å². The third-order valence-corrected chi connectivity index (χ3v) is 5.49. The van der Waals surface area contributed by atoms with Crippen molar-refractivity contribution in [2.45, 2.75) is 18.7 Å². The van der Waals surface area contributed by atoms with Crippen LogP contribution in [0.15, 0.2) is 83.1 Å².